The van der Waals surface area contributed by atoms with Crippen molar-refractivity contribution in [3.05, 3.63) is 86.0 Å². The molecule has 15 heteroatoms. The summed E-state index contributed by atoms with van der Waals surface area (Å²) in [5, 5.41) is 0.346. The minimum absolute atomic E-state index is 0.0130. The van der Waals surface area contributed by atoms with E-state index in [1.165, 1.54) is 0 Å². The summed E-state index contributed by atoms with van der Waals surface area (Å²) in [6.07, 6.45) is -15.7. The summed E-state index contributed by atoms with van der Waals surface area (Å²) < 4.78 is 133. The van der Waals surface area contributed by atoms with Gasteiger partial charge in [-0.3, -0.25) is 9.36 Å². The molecule has 4 nitrogen and oxygen atoms in total. The lowest BCUT2D eigenvalue weighted by molar-refractivity contribution is -0.141. The highest BCUT2D eigenvalue weighted by atomic mass is 35.5. The molecule has 0 aliphatic rings. The molecule has 0 spiro atoms. The van der Waals surface area contributed by atoms with Crippen molar-refractivity contribution in [3.63, 3.8) is 0 Å². The van der Waals surface area contributed by atoms with Crippen molar-refractivity contribution in [2.24, 2.45) is 0 Å². The van der Waals surface area contributed by atoms with Crippen LogP contribution in [0.1, 0.15) is 22.4 Å². The minimum Gasteiger partial charge on any atom is -0.325 e. The molecule has 3 aromatic rings. The molecular weight excluding hydrogens is 524 g/mol. The molecule has 0 amide bonds. The van der Waals surface area contributed by atoms with Crippen molar-refractivity contribution < 1.29 is 43.9 Å². The molecule has 1 aromatic heterocycles. The van der Waals surface area contributed by atoms with Gasteiger partial charge in [-0.05, 0) is 35.9 Å². The third-order valence-electron chi connectivity index (χ3n) is 4.54. The zero-order valence-electron chi connectivity index (χ0n) is 16.7. The van der Waals surface area contributed by atoms with E-state index in [9.17, 15) is 48.7 Å². The number of hydrogen-bond donors (Lipinski definition) is 1. The van der Waals surface area contributed by atoms with Crippen molar-refractivity contribution in [2.45, 2.75) is 25.1 Å². The van der Waals surface area contributed by atoms with E-state index < -0.39 is 69.9 Å². The third kappa shape index (κ3) is 5.86. The van der Waals surface area contributed by atoms with E-state index in [1.54, 1.807) is 5.32 Å². The Morgan fingerprint density at radius 3 is 1.97 bits per heavy atom. The van der Waals surface area contributed by atoms with Crippen LogP contribution >= 0.6 is 11.6 Å². The van der Waals surface area contributed by atoms with Gasteiger partial charge >= 0.3 is 18.5 Å². The van der Waals surface area contributed by atoms with Crippen LogP contribution in [0.25, 0.3) is 0 Å². The molecule has 0 fully saturated rings. The van der Waals surface area contributed by atoms with E-state index >= 15 is 0 Å². The molecule has 0 aliphatic carbocycles. The Kier molecular flexibility index (Phi) is 6.81. The molecule has 0 atom stereocenters. The van der Waals surface area contributed by atoms with E-state index in [2.05, 4.69) is 4.98 Å². The summed E-state index contributed by atoms with van der Waals surface area (Å²) in [7, 11) is 0. The predicted molar refractivity (Wildman–Crippen MR) is 104 cm³/mol. The second-order valence-electron chi connectivity index (χ2n) is 6.99. The third-order valence-corrected chi connectivity index (χ3v) is 4.88. The van der Waals surface area contributed by atoms with Crippen molar-refractivity contribution in [2.75, 3.05) is 5.32 Å². The normalized spacial score (nSPS) is 12.7. The first-order chi connectivity index (χ1) is 16.0. The lowest BCUT2D eigenvalue weighted by Gasteiger charge is -2.20. The second kappa shape index (κ2) is 9.06. The van der Waals surface area contributed by atoms with Crippen LogP contribution < -0.4 is 10.9 Å². The molecule has 0 saturated carbocycles. The maximum Gasteiger partial charge on any atom is 0.435 e. The van der Waals surface area contributed by atoms with E-state index in [1.807, 2.05) is 0 Å². The molecule has 0 aliphatic heterocycles. The highest BCUT2D eigenvalue weighted by Crippen LogP contribution is 2.40. The minimum atomic E-state index is -5.33. The number of aromatic nitrogens is 2. The summed E-state index contributed by atoms with van der Waals surface area (Å²) in [4.78, 5) is 15.7. The average Bonchev–Trinajstić information content (AvgIpc) is 2.72. The van der Waals surface area contributed by atoms with Crippen molar-refractivity contribution in [1.29, 1.82) is 0 Å². The molecule has 0 bridgehead atoms. The predicted octanol–water partition coefficient (Wildman–Crippen LogP) is 6.88. The van der Waals surface area contributed by atoms with Gasteiger partial charge in [-0.2, -0.15) is 39.5 Å². The standard InChI is InChI=1S/C20H10ClF10N3O/c21-14-15(20(29,30)31)33-17(34(16(14)35)8-9-1-4-11(22)5-2-9)32-13-7-10(18(23,24)25)3-6-12(13)19(26,27)28/h1-7H,8H2,(H,32,33). The molecule has 0 radical (unpaired) electrons. The van der Waals surface area contributed by atoms with Gasteiger partial charge in [0.15, 0.2) is 5.69 Å². The Morgan fingerprint density at radius 2 is 1.46 bits per heavy atom. The van der Waals surface area contributed by atoms with E-state index in [-0.39, 0.29) is 23.8 Å². The summed E-state index contributed by atoms with van der Waals surface area (Å²) in [5.74, 6) is -1.89. The van der Waals surface area contributed by atoms with Gasteiger partial charge in [-0.25, -0.2) is 9.37 Å². The molecule has 1 heterocycles. The molecule has 2 aromatic carbocycles. The number of nitrogens with zero attached hydrogens (tertiary/aromatic N) is 2. The Balaban J connectivity index is 2.26. The van der Waals surface area contributed by atoms with Crippen LogP contribution in [0.2, 0.25) is 5.02 Å². The second-order valence-corrected chi connectivity index (χ2v) is 7.37. The van der Waals surface area contributed by atoms with Gasteiger partial charge in [0, 0.05) is 0 Å². The quantitative estimate of drug-likeness (QED) is 0.372. The van der Waals surface area contributed by atoms with Gasteiger partial charge in [0.1, 0.15) is 10.8 Å². The first kappa shape index (κ1) is 26.3. The monoisotopic (exact) mass is 533 g/mol. The zero-order chi connectivity index (χ0) is 26.3. The topological polar surface area (TPSA) is 46.9 Å². The highest BCUT2D eigenvalue weighted by molar-refractivity contribution is 6.31. The molecule has 3 rings (SSSR count). The highest BCUT2D eigenvalue weighted by Gasteiger charge is 2.40. The Labute approximate surface area is 193 Å². The lowest BCUT2D eigenvalue weighted by Crippen LogP contribution is -2.29. The van der Waals surface area contributed by atoms with Gasteiger partial charge < -0.3 is 5.32 Å². The maximum absolute atomic E-state index is 13.4. The van der Waals surface area contributed by atoms with E-state index in [0.717, 1.165) is 24.3 Å². The van der Waals surface area contributed by atoms with Crippen molar-refractivity contribution in [3.8, 4) is 0 Å². The Bertz CT molecular complexity index is 1300. The average molecular weight is 534 g/mol. The fourth-order valence-electron chi connectivity index (χ4n) is 2.93. The largest absolute Gasteiger partial charge is 0.435 e. The number of rotatable bonds is 4. The van der Waals surface area contributed by atoms with Crippen LogP contribution in [0.4, 0.5) is 55.5 Å². The van der Waals surface area contributed by atoms with Crippen molar-refractivity contribution in [1.82, 2.24) is 9.55 Å². The zero-order valence-corrected chi connectivity index (χ0v) is 17.5. The summed E-state index contributed by atoms with van der Waals surface area (Å²) in [6.45, 7) is -0.660. The lowest BCUT2D eigenvalue weighted by atomic mass is 10.1. The molecule has 1 N–H and O–H groups in total. The molecule has 35 heavy (non-hydrogen) atoms. The SMILES string of the molecule is O=c1c(Cl)c(C(F)(F)F)nc(Nc2cc(C(F)(F)F)ccc2C(F)(F)F)n1Cc1ccc(F)cc1. The first-order valence-electron chi connectivity index (χ1n) is 9.16. The number of nitrogens with one attached hydrogen (secondary N) is 1. The summed E-state index contributed by atoms with van der Waals surface area (Å²) in [6, 6.07) is 4.32. The number of alkyl halides is 9. The number of hydrogen-bond acceptors (Lipinski definition) is 3. The van der Waals surface area contributed by atoms with Gasteiger partial charge in [-0.1, -0.05) is 23.7 Å². The Hall–Kier alpha value is -3.29. The molecule has 0 saturated heterocycles. The maximum atomic E-state index is 13.4. The van der Waals surface area contributed by atoms with E-state index in [4.69, 9.17) is 11.6 Å². The van der Waals surface area contributed by atoms with Crippen LogP contribution in [-0.4, -0.2) is 9.55 Å². The van der Waals surface area contributed by atoms with Crippen LogP contribution in [-0.2, 0) is 25.1 Å². The fraction of sp³-hybridized carbons (Fsp3) is 0.200. The van der Waals surface area contributed by atoms with Crippen LogP contribution in [0.15, 0.2) is 47.3 Å². The van der Waals surface area contributed by atoms with Gasteiger partial charge in [0.25, 0.3) is 5.56 Å². The van der Waals surface area contributed by atoms with Crippen LogP contribution in [0.5, 0.6) is 0 Å². The van der Waals surface area contributed by atoms with E-state index in [0.29, 0.717) is 4.57 Å². The fourth-order valence-corrected chi connectivity index (χ4v) is 3.18. The summed E-state index contributed by atoms with van der Waals surface area (Å²) >= 11 is 5.51. The molecule has 0 unspecified atom stereocenters. The van der Waals surface area contributed by atoms with Gasteiger partial charge in [0.05, 0.1) is 23.4 Å². The Morgan fingerprint density at radius 1 is 0.857 bits per heavy atom. The summed E-state index contributed by atoms with van der Waals surface area (Å²) in [5.41, 5.74) is -7.97. The van der Waals surface area contributed by atoms with Crippen LogP contribution in [0, 0.1) is 5.82 Å². The van der Waals surface area contributed by atoms with Gasteiger partial charge in [0.2, 0.25) is 5.95 Å². The van der Waals surface area contributed by atoms with Crippen LogP contribution in [0.3, 0.4) is 0 Å². The number of anilines is 2. The first-order valence-corrected chi connectivity index (χ1v) is 9.53. The number of benzene rings is 2. The van der Waals surface area contributed by atoms with Gasteiger partial charge in [-0.15, -0.1) is 0 Å². The van der Waals surface area contributed by atoms with Crippen molar-refractivity contribution >= 4 is 23.2 Å². The molecular formula is C20H10ClF10N3O. The number of halogens is 11. The molecule has 188 valence electrons. The smallest absolute Gasteiger partial charge is 0.325 e.